The fraction of sp³-hybridized carbons (Fsp3) is 0.167. The smallest absolute Gasteiger partial charge is 0.422 e. The number of benzene rings is 1. The molecule has 1 aromatic carbocycles. The van der Waals surface area contributed by atoms with Gasteiger partial charge in [-0.15, -0.1) is 0 Å². The first-order valence-corrected chi connectivity index (χ1v) is 7.93. The Morgan fingerprint density at radius 1 is 1.11 bits per heavy atom. The van der Waals surface area contributed by atoms with Crippen LogP contribution >= 0.6 is 0 Å². The molecular formula is C18H15F3N4O2. The van der Waals surface area contributed by atoms with Crippen LogP contribution in [-0.2, 0) is 6.54 Å². The average Bonchev–Trinajstić information content (AvgIpc) is 3.07. The quantitative estimate of drug-likeness (QED) is 0.715. The number of halogens is 3. The third kappa shape index (κ3) is 5.30. The van der Waals surface area contributed by atoms with Crippen molar-refractivity contribution < 1.29 is 22.7 Å². The molecule has 27 heavy (non-hydrogen) atoms. The van der Waals surface area contributed by atoms with Gasteiger partial charge in [0.1, 0.15) is 5.82 Å². The van der Waals surface area contributed by atoms with Crippen LogP contribution in [0.15, 0.2) is 60.9 Å². The van der Waals surface area contributed by atoms with E-state index in [0.29, 0.717) is 12.4 Å². The summed E-state index contributed by atoms with van der Waals surface area (Å²) in [6, 6.07) is 13.8. The van der Waals surface area contributed by atoms with Crippen LogP contribution in [0.4, 0.5) is 19.0 Å². The number of pyridine rings is 1. The summed E-state index contributed by atoms with van der Waals surface area (Å²) in [4.78, 5) is 16.0. The van der Waals surface area contributed by atoms with Crippen LogP contribution in [0.5, 0.6) is 5.88 Å². The zero-order valence-electron chi connectivity index (χ0n) is 14.0. The highest BCUT2D eigenvalue weighted by molar-refractivity contribution is 6.03. The number of carbonyl (C=O) groups is 1. The Morgan fingerprint density at radius 2 is 1.89 bits per heavy atom. The van der Waals surface area contributed by atoms with Crippen molar-refractivity contribution >= 4 is 11.7 Å². The SMILES string of the molecule is O=C(Nc1ccnn1Cc1ccccc1)c1ccc(OCC(F)(F)F)nc1. The first-order valence-electron chi connectivity index (χ1n) is 7.93. The maximum absolute atomic E-state index is 12.3. The highest BCUT2D eigenvalue weighted by atomic mass is 19.4. The van der Waals surface area contributed by atoms with E-state index in [9.17, 15) is 18.0 Å². The lowest BCUT2D eigenvalue weighted by Crippen LogP contribution is -2.20. The summed E-state index contributed by atoms with van der Waals surface area (Å²) < 4.78 is 42.5. The predicted molar refractivity (Wildman–Crippen MR) is 91.5 cm³/mol. The molecule has 0 bridgehead atoms. The van der Waals surface area contributed by atoms with E-state index < -0.39 is 18.7 Å². The standard InChI is InChI=1S/C18H15F3N4O2/c19-18(20,21)12-27-16-7-6-14(10-22-16)17(26)24-15-8-9-23-25(15)11-13-4-2-1-3-5-13/h1-10H,11-12H2,(H,24,26). The Balaban J connectivity index is 1.63. The fourth-order valence-electron chi connectivity index (χ4n) is 2.27. The van der Waals surface area contributed by atoms with Crippen LogP contribution in [0.2, 0.25) is 0 Å². The molecule has 2 heterocycles. The summed E-state index contributed by atoms with van der Waals surface area (Å²) in [5, 5.41) is 6.88. The third-order valence-electron chi connectivity index (χ3n) is 3.52. The van der Waals surface area contributed by atoms with Gasteiger partial charge in [-0.2, -0.15) is 18.3 Å². The monoisotopic (exact) mass is 376 g/mol. The van der Waals surface area contributed by atoms with E-state index in [1.54, 1.807) is 16.9 Å². The molecule has 3 rings (SSSR count). The molecule has 0 aliphatic heterocycles. The zero-order chi connectivity index (χ0) is 19.3. The number of anilines is 1. The molecule has 1 N–H and O–H groups in total. The van der Waals surface area contributed by atoms with E-state index in [1.165, 1.54) is 12.1 Å². The van der Waals surface area contributed by atoms with Gasteiger partial charge < -0.3 is 10.1 Å². The summed E-state index contributed by atoms with van der Waals surface area (Å²) in [7, 11) is 0. The van der Waals surface area contributed by atoms with Crippen LogP contribution in [0.1, 0.15) is 15.9 Å². The number of ether oxygens (including phenoxy) is 1. The normalized spacial score (nSPS) is 11.2. The predicted octanol–water partition coefficient (Wildman–Crippen LogP) is 3.52. The molecule has 3 aromatic rings. The Kier molecular flexibility index (Phi) is 5.39. The molecule has 0 saturated carbocycles. The van der Waals surface area contributed by atoms with E-state index in [4.69, 9.17) is 0 Å². The van der Waals surface area contributed by atoms with Crippen LogP contribution in [0.25, 0.3) is 0 Å². The van der Waals surface area contributed by atoms with Gasteiger partial charge in [0.15, 0.2) is 6.61 Å². The number of nitrogens with one attached hydrogen (secondary N) is 1. The minimum absolute atomic E-state index is 0.182. The summed E-state index contributed by atoms with van der Waals surface area (Å²) in [6.45, 7) is -0.962. The Labute approximate surface area is 152 Å². The number of nitrogens with zero attached hydrogens (tertiary/aromatic N) is 3. The van der Waals surface area contributed by atoms with Crippen LogP contribution < -0.4 is 10.1 Å². The molecule has 0 fully saturated rings. The fourth-order valence-corrected chi connectivity index (χ4v) is 2.27. The lowest BCUT2D eigenvalue weighted by atomic mass is 10.2. The minimum atomic E-state index is -4.45. The first kappa shape index (κ1) is 18.4. The van der Waals surface area contributed by atoms with Gasteiger partial charge in [-0.25, -0.2) is 9.67 Å². The van der Waals surface area contributed by atoms with Gasteiger partial charge in [0.2, 0.25) is 5.88 Å². The van der Waals surface area contributed by atoms with E-state index in [-0.39, 0.29) is 11.4 Å². The van der Waals surface area contributed by atoms with Crippen molar-refractivity contribution in [2.75, 3.05) is 11.9 Å². The van der Waals surface area contributed by atoms with E-state index >= 15 is 0 Å². The molecule has 0 radical (unpaired) electrons. The number of rotatable bonds is 6. The maximum Gasteiger partial charge on any atom is 0.422 e. The molecular weight excluding hydrogens is 361 g/mol. The van der Waals surface area contributed by atoms with Gasteiger partial charge in [-0.3, -0.25) is 4.79 Å². The van der Waals surface area contributed by atoms with Crippen molar-refractivity contribution in [3.8, 4) is 5.88 Å². The highest BCUT2D eigenvalue weighted by Gasteiger charge is 2.28. The van der Waals surface area contributed by atoms with Gasteiger partial charge in [0.25, 0.3) is 5.91 Å². The van der Waals surface area contributed by atoms with Crippen LogP contribution in [-0.4, -0.2) is 33.5 Å². The van der Waals surface area contributed by atoms with Crippen LogP contribution in [0, 0.1) is 0 Å². The number of amides is 1. The molecule has 0 aliphatic rings. The van der Waals surface area contributed by atoms with Gasteiger partial charge in [-0.05, 0) is 11.6 Å². The van der Waals surface area contributed by atoms with Crippen molar-refractivity contribution in [3.63, 3.8) is 0 Å². The second-order valence-electron chi connectivity index (χ2n) is 5.60. The van der Waals surface area contributed by atoms with Gasteiger partial charge in [-0.1, -0.05) is 30.3 Å². The molecule has 6 nitrogen and oxygen atoms in total. The second-order valence-corrected chi connectivity index (χ2v) is 5.60. The van der Waals surface area contributed by atoms with Crippen LogP contribution in [0.3, 0.4) is 0 Å². The molecule has 0 spiro atoms. The third-order valence-corrected chi connectivity index (χ3v) is 3.52. The maximum atomic E-state index is 12.3. The summed E-state index contributed by atoms with van der Waals surface area (Å²) >= 11 is 0. The number of carbonyl (C=O) groups excluding carboxylic acids is 1. The molecule has 9 heteroatoms. The number of hydrogen-bond acceptors (Lipinski definition) is 4. The Morgan fingerprint density at radius 3 is 2.56 bits per heavy atom. The van der Waals surface area contributed by atoms with Gasteiger partial charge >= 0.3 is 6.18 Å². The van der Waals surface area contributed by atoms with E-state index in [0.717, 1.165) is 11.8 Å². The van der Waals surface area contributed by atoms with Crippen molar-refractivity contribution in [2.45, 2.75) is 12.7 Å². The summed E-state index contributed by atoms with van der Waals surface area (Å²) in [5.41, 5.74) is 1.20. The minimum Gasteiger partial charge on any atom is -0.468 e. The van der Waals surface area contributed by atoms with Gasteiger partial charge in [0.05, 0.1) is 18.3 Å². The van der Waals surface area contributed by atoms with Crippen molar-refractivity contribution in [2.24, 2.45) is 0 Å². The first-order chi connectivity index (χ1) is 12.9. The van der Waals surface area contributed by atoms with E-state index in [2.05, 4.69) is 20.1 Å². The topological polar surface area (TPSA) is 69.0 Å². The second kappa shape index (κ2) is 7.90. The molecule has 2 aromatic heterocycles. The lowest BCUT2D eigenvalue weighted by Gasteiger charge is -2.10. The van der Waals surface area contributed by atoms with Crippen molar-refractivity contribution in [1.29, 1.82) is 0 Å². The van der Waals surface area contributed by atoms with Gasteiger partial charge in [0, 0.05) is 18.3 Å². The van der Waals surface area contributed by atoms with Crippen molar-refractivity contribution in [3.05, 3.63) is 72.1 Å². The molecule has 1 amide bonds. The zero-order valence-corrected chi connectivity index (χ0v) is 14.0. The largest absolute Gasteiger partial charge is 0.468 e. The molecule has 0 atom stereocenters. The molecule has 0 unspecified atom stereocenters. The number of hydrogen-bond donors (Lipinski definition) is 1. The Bertz CT molecular complexity index is 893. The lowest BCUT2D eigenvalue weighted by molar-refractivity contribution is -0.154. The summed E-state index contributed by atoms with van der Waals surface area (Å²) in [5.74, 6) is -0.182. The number of alkyl halides is 3. The molecule has 0 saturated heterocycles. The number of aromatic nitrogens is 3. The van der Waals surface area contributed by atoms with E-state index in [1.807, 2.05) is 30.3 Å². The molecule has 140 valence electrons. The van der Waals surface area contributed by atoms with Crippen molar-refractivity contribution in [1.82, 2.24) is 14.8 Å². The Hall–Kier alpha value is -3.36. The highest BCUT2D eigenvalue weighted by Crippen LogP contribution is 2.17. The average molecular weight is 376 g/mol. The molecule has 0 aliphatic carbocycles. The summed E-state index contributed by atoms with van der Waals surface area (Å²) in [6.07, 6.45) is -1.74.